The molecule has 1 saturated carbocycles. The van der Waals surface area contributed by atoms with Crippen molar-refractivity contribution in [1.29, 1.82) is 0 Å². The van der Waals surface area contributed by atoms with Crippen molar-refractivity contribution in [2.24, 2.45) is 0 Å². The van der Waals surface area contributed by atoms with Crippen LogP contribution in [0.15, 0.2) is 29.8 Å². The quantitative estimate of drug-likeness (QED) is 0.728. The summed E-state index contributed by atoms with van der Waals surface area (Å²) in [5.74, 6) is 1.34. The number of rotatable bonds is 6. The van der Waals surface area contributed by atoms with Crippen molar-refractivity contribution in [3.8, 4) is 5.75 Å². The Kier molecular flexibility index (Phi) is 3.71. The molecular weight excluding hydrogens is 310 g/mol. The van der Waals surface area contributed by atoms with Crippen molar-refractivity contribution in [2.45, 2.75) is 31.9 Å². The Labute approximate surface area is 138 Å². The molecule has 0 spiro atoms. The molecule has 2 heterocycles. The molecule has 120 valence electrons. The first kappa shape index (κ1) is 14.5. The molecule has 0 bridgehead atoms. The summed E-state index contributed by atoms with van der Waals surface area (Å²) in [7, 11) is 1.61. The van der Waals surface area contributed by atoms with Crippen LogP contribution < -0.4 is 10.1 Å². The van der Waals surface area contributed by atoms with E-state index < -0.39 is 0 Å². The lowest BCUT2D eigenvalue weighted by atomic mass is 10.1. The van der Waals surface area contributed by atoms with Crippen molar-refractivity contribution in [3.05, 3.63) is 46.7 Å². The van der Waals surface area contributed by atoms with Crippen LogP contribution in [0.5, 0.6) is 5.75 Å². The zero-order valence-electron chi connectivity index (χ0n) is 13.0. The van der Waals surface area contributed by atoms with Gasteiger partial charge >= 0.3 is 0 Å². The van der Waals surface area contributed by atoms with E-state index in [4.69, 9.17) is 9.72 Å². The minimum absolute atomic E-state index is 0.0343. The number of hydrogen-bond donors (Lipinski definition) is 2. The number of aliphatic hydroxyl groups is 1. The van der Waals surface area contributed by atoms with E-state index >= 15 is 0 Å². The van der Waals surface area contributed by atoms with Gasteiger partial charge in [0.1, 0.15) is 5.75 Å². The Hall–Kier alpha value is -2.05. The molecule has 0 unspecified atom stereocenters. The Morgan fingerprint density at radius 1 is 1.43 bits per heavy atom. The summed E-state index contributed by atoms with van der Waals surface area (Å²) in [4.78, 5) is 5.85. The molecule has 2 aromatic heterocycles. The molecule has 1 aliphatic rings. The van der Waals surface area contributed by atoms with E-state index in [2.05, 4.69) is 21.3 Å². The van der Waals surface area contributed by atoms with Gasteiger partial charge in [0.2, 0.25) is 0 Å². The first-order valence-electron chi connectivity index (χ1n) is 7.76. The number of methoxy groups -OCH3 is 1. The molecule has 0 amide bonds. The van der Waals surface area contributed by atoms with Gasteiger partial charge < -0.3 is 15.2 Å². The molecule has 1 aromatic carbocycles. The summed E-state index contributed by atoms with van der Waals surface area (Å²) >= 11 is 1.67. The van der Waals surface area contributed by atoms with Crippen LogP contribution in [0.3, 0.4) is 0 Å². The van der Waals surface area contributed by atoms with E-state index in [1.165, 1.54) is 24.2 Å². The van der Waals surface area contributed by atoms with Crippen LogP contribution in [0.2, 0.25) is 0 Å². The number of ether oxygens (including phenoxy) is 1. The highest BCUT2D eigenvalue weighted by Gasteiger charge is 2.30. The number of imidazole rings is 1. The summed E-state index contributed by atoms with van der Waals surface area (Å²) < 4.78 is 7.43. The molecule has 1 aliphatic carbocycles. The number of fused-ring (bicyclic) bond motifs is 1. The third-order valence-electron chi connectivity index (χ3n) is 4.27. The van der Waals surface area contributed by atoms with Crippen molar-refractivity contribution in [1.82, 2.24) is 9.38 Å². The molecule has 1 fully saturated rings. The van der Waals surface area contributed by atoms with Gasteiger partial charge in [0.05, 0.1) is 31.6 Å². The maximum atomic E-state index is 9.44. The molecule has 6 heteroatoms. The summed E-state index contributed by atoms with van der Waals surface area (Å²) in [6.45, 7) is 0.689. The third-order valence-corrected chi connectivity index (χ3v) is 5.02. The number of aliphatic hydroxyl groups excluding tert-OH is 1. The minimum Gasteiger partial charge on any atom is -0.496 e. The van der Waals surface area contributed by atoms with Gasteiger partial charge in [0.15, 0.2) is 4.96 Å². The van der Waals surface area contributed by atoms with E-state index in [1.54, 1.807) is 18.4 Å². The van der Waals surface area contributed by atoms with Crippen LogP contribution in [0.1, 0.15) is 35.7 Å². The monoisotopic (exact) mass is 329 g/mol. The second kappa shape index (κ2) is 5.86. The number of thiazole rings is 1. The predicted octanol–water partition coefficient (Wildman–Crippen LogP) is 3.39. The van der Waals surface area contributed by atoms with Crippen LogP contribution in [0.25, 0.3) is 4.96 Å². The maximum Gasteiger partial charge on any atom is 0.194 e. The van der Waals surface area contributed by atoms with Crippen LogP contribution >= 0.6 is 11.3 Å². The highest BCUT2D eigenvalue weighted by Crippen LogP contribution is 2.42. The lowest BCUT2D eigenvalue weighted by molar-refractivity contribution is 0.274. The summed E-state index contributed by atoms with van der Waals surface area (Å²) in [6, 6.07) is 5.79. The van der Waals surface area contributed by atoms with Crippen molar-refractivity contribution >= 4 is 22.0 Å². The topological polar surface area (TPSA) is 58.8 Å². The SMILES string of the molecule is COc1ccc(NCc2c(C3CC3)nc3sccn23)cc1CO. The fourth-order valence-electron chi connectivity index (χ4n) is 2.91. The molecule has 4 rings (SSSR count). The van der Waals surface area contributed by atoms with Gasteiger partial charge in [-0.25, -0.2) is 4.98 Å². The van der Waals surface area contributed by atoms with Gasteiger partial charge in [0.25, 0.3) is 0 Å². The zero-order valence-corrected chi connectivity index (χ0v) is 13.8. The average molecular weight is 329 g/mol. The van der Waals surface area contributed by atoms with E-state index in [0.717, 1.165) is 22.8 Å². The minimum atomic E-state index is -0.0343. The number of anilines is 1. The molecular formula is C17H19N3O2S. The Morgan fingerprint density at radius 2 is 2.30 bits per heavy atom. The second-order valence-corrected chi connectivity index (χ2v) is 6.68. The number of nitrogens with one attached hydrogen (secondary N) is 1. The fraction of sp³-hybridized carbons (Fsp3) is 0.353. The van der Waals surface area contributed by atoms with Crippen molar-refractivity contribution in [3.63, 3.8) is 0 Å². The molecule has 0 saturated heterocycles. The van der Waals surface area contributed by atoms with Crippen LogP contribution in [-0.2, 0) is 13.2 Å². The molecule has 0 aliphatic heterocycles. The van der Waals surface area contributed by atoms with E-state index in [1.807, 2.05) is 18.2 Å². The summed E-state index contributed by atoms with van der Waals surface area (Å²) in [5, 5.41) is 15.0. The molecule has 2 N–H and O–H groups in total. The third kappa shape index (κ3) is 2.68. The van der Waals surface area contributed by atoms with Gasteiger partial charge in [-0.05, 0) is 31.0 Å². The van der Waals surface area contributed by atoms with Gasteiger partial charge in [-0.15, -0.1) is 11.3 Å². The van der Waals surface area contributed by atoms with E-state index in [-0.39, 0.29) is 6.61 Å². The first-order valence-corrected chi connectivity index (χ1v) is 8.64. The normalized spacial score (nSPS) is 14.3. The van der Waals surface area contributed by atoms with Crippen LogP contribution in [-0.4, -0.2) is 21.6 Å². The summed E-state index contributed by atoms with van der Waals surface area (Å²) in [6.07, 6.45) is 4.58. The fourth-order valence-corrected chi connectivity index (χ4v) is 3.65. The first-order chi connectivity index (χ1) is 11.3. The maximum absolute atomic E-state index is 9.44. The summed E-state index contributed by atoms with van der Waals surface area (Å²) in [5.41, 5.74) is 4.24. The van der Waals surface area contributed by atoms with Crippen molar-refractivity contribution < 1.29 is 9.84 Å². The number of benzene rings is 1. The average Bonchev–Trinajstić information content (AvgIpc) is 3.22. The van der Waals surface area contributed by atoms with Crippen LogP contribution in [0, 0.1) is 0 Å². The molecule has 5 nitrogen and oxygen atoms in total. The van der Waals surface area contributed by atoms with E-state index in [9.17, 15) is 5.11 Å². The van der Waals surface area contributed by atoms with Crippen LogP contribution in [0.4, 0.5) is 5.69 Å². The standard InChI is InChI=1S/C17H19N3O2S/c1-22-15-5-4-13(8-12(15)10-21)18-9-14-16(11-2-3-11)19-17-20(14)6-7-23-17/h4-8,11,18,21H,2-3,9-10H2,1H3. The smallest absolute Gasteiger partial charge is 0.194 e. The largest absolute Gasteiger partial charge is 0.496 e. The zero-order chi connectivity index (χ0) is 15.8. The highest BCUT2D eigenvalue weighted by atomic mass is 32.1. The Bertz CT molecular complexity index is 836. The molecule has 3 aromatic rings. The van der Waals surface area contributed by atoms with Gasteiger partial charge in [-0.1, -0.05) is 0 Å². The number of aromatic nitrogens is 2. The lowest BCUT2D eigenvalue weighted by Crippen LogP contribution is -2.05. The van der Waals surface area contributed by atoms with Gasteiger partial charge in [-0.2, -0.15) is 0 Å². The van der Waals surface area contributed by atoms with Gasteiger partial charge in [-0.3, -0.25) is 4.40 Å². The predicted molar refractivity (Wildman–Crippen MR) is 91.3 cm³/mol. The van der Waals surface area contributed by atoms with Crippen molar-refractivity contribution in [2.75, 3.05) is 12.4 Å². The highest BCUT2D eigenvalue weighted by molar-refractivity contribution is 7.15. The molecule has 0 atom stereocenters. The lowest BCUT2D eigenvalue weighted by Gasteiger charge is -2.11. The molecule has 23 heavy (non-hydrogen) atoms. The Balaban J connectivity index is 1.59. The van der Waals surface area contributed by atoms with Gasteiger partial charge in [0, 0.05) is 28.7 Å². The Morgan fingerprint density at radius 3 is 3.04 bits per heavy atom. The second-order valence-electron chi connectivity index (χ2n) is 5.81. The van der Waals surface area contributed by atoms with E-state index in [0.29, 0.717) is 11.7 Å². The molecule has 0 radical (unpaired) electrons. The number of nitrogens with zero attached hydrogens (tertiary/aromatic N) is 2. The number of hydrogen-bond acceptors (Lipinski definition) is 5.